The van der Waals surface area contributed by atoms with E-state index >= 15 is 0 Å². The summed E-state index contributed by atoms with van der Waals surface area (Å²) in [4.78, 5) is 2.38. The minimum Gasteiger partial charge on any atom is -0.456 e. The third-order valence-electron chi connectivity index (χ3n) is 9.45. The van der Waals surface area contributed by atoms with Gasteiger partial charge in [0.25, 0.3) is 0 Å². The van der Waals surface area contributed by atoms with Crippen molar-refractivity contribution in [3.05, 3.63) is 164 Å². The lowest BCUT2D eigenvalue weighted by atomic mass is 10.0. The van der Waals surface area contributed by atoms with Crippen LogP contribution in [0.5, 0.6) is 0 Å². The van der Waals surface area contributed by atoms with E-state index in [-0.39, 0.29) is 0 Å². The first kappa shape index (κ1) is 26.0. The Bertz CT molecular complexity index is 2800. The molecule has 0 spiro atoms. The molecule has 0 aliphatic heterocycles. The zero-order valence-corrected chi connectivity index (χ0v) is 25.4. The van der Waals surface area contributed by atoms with Gasteiger partial charge in [-0.15, -0.1) is 0 Å². The number of fused-ring (bicyclic) bond motifs is 9. The Hall–Kier alpha value is -6.32. The topological polar surface area (TPSA) is 29.5 Å². The van der Waals surface area contributed by atoms with Crippen molar-refractivity contribution in [2.24, 2.45) is 0 Å². The van der Waals surface area contributed by atoms with Crippen LogP contribution in [-0.2, 0) is 0 Å². The third-order valence-corrected chi connectivity index (χ3v) is 9.45. The Morgan fingerprint density at radius 1 is 0.362 bits per heavy atom. The summed E-state index contributed by atoms with van der Waals surface area (Å²) in [5.41, 5.74) is 9.10. The summed E-state index contributed by atoms with van der Waals surface area (Å²) in [5.74, 6) is 0. The summed E-state index contributed by atoms with van der Waals surface area (Å²) in [6.07, 6.45) is 0. The van der Waals surface area contributed by atoms with E-state index in [1.165, 1.54) is 16.2 Å². The molecule has 0 saturated carbocycles. The molecule has 0 radical (unpaired) electrons. The Labute approximate surface area is 270 Å². The highest BCUT2D eigenvalue weighted by Gasteiger charge is 2.21. The summed E-state index contributed by atoms with van der Waals surface area (Å²) in [6, 6.07) is 57.9. The summed E-state index contributed by atoms with van der Waals surface area (Å²) in [7, 11) is 0. The molecular weight excluding hydrogens is 574 g/mol. The van der Waals surface area contributed by atoms with Gasteiger partial charge < -0.3 is 13.7 Å². The van der Waals surface area contributed by atoms with E-state index in [1.54, 1.807) is 0 Å². The Kier molecular flexibility index (Phi) is 5.57. The standard InChI is InChI=1S/C44H27NO2/c1-3-12-33-29(9-1)11-7-15-38(33)45(39-16-8-18-41-43(39)37-26-21-30-10-2-4-13-34(30)44(37)47-41)32-23-19-28(20-24-32)31-22-25-36-35-14-5-6-17-40(35)46-42(36)27-31/h1-27H. The van der Waals surface area contributed by atoms with Gasteiger partial charge in [0.2, 0.25) is 0 Å². The van der Waals surface area contributed by atoms with Gasteiger partial charge in [-0.25, -0.2) is 0 Å². The number of hydrogen-bond acceptors (Lipinski definition) is 3. The van der Waals surface area contributed by atoms with Gasteiger partial charge >= 0.3 is 0 Å². The van der Waals surface area contributed by atoms with Crippen LogP contribution in [0.15, 0.2) is 173 Å². The van der Waals surface area contributed by atoms with Gasteiger partial charge in [-0.05, 0) is 76.5 Å². The van der Waals surface area contributed by atoms with E-state index < -0.39 is 0 Å². The number of hydrogen-bond donors (Lipinski definition) is 0. The molecule has 10 rings (SSSR count). The van der Waals surface area contributed by atoms with Crippen LogP contribution in [0.2, 0.25) is 0 Å². The number of benzene rings is 8. The quantitative estimate of drug-likeness (QED) is 0.201. The molecular formula is C44H27NO2. The molecule has 0 aliphatic carbocycles. The van der Waals surface area contributed by atoms with Crippen LogP contribution in [0, 0.1) is 0 Å². The zero-order valence-electron chi connectivity index (χ0n) is 25.4. The van der Waals surface area contributed by atoms with Crippen molar-refractivity contribution in [2.45, 2.75) is 0 Å². The third kappa shape index (κ3) is 4.00. The first-order valence-electron chi connectivity index (χ1n) is 15.9. The van der Waals surface area contributed by atoms with E-state index in [9.17, 15) is 0 Å². The number of anilines is 3. The smallest absolute Gasteiger partial charge is 0.143 e. The molecule has 0 saturated heterocycles. The van der Waals surface area contributed by atoms with E-state index in [0.29, 0.717) is 0 Å². The van der Waals surface area contributed by atoms with Gasteiger partial charge in [-0.1, -0.05) is 109 Å². The van der Waals surface area contributed by atoms with Crippen LogP contribution in [-0.4, -0.2) is 0 Å². The number of nitrogens with zero attached hydrogens (tertiary/aromatic N) is 1. The molecule has 0 atom stereocenters. The summed E-state index contributed by atoms with van der Waals surface area (Å²) >= 11 is 0. The van der Waals surface area contributed by atoms with Crippen LogP contribution in [0.1, 0.15) is 0 Å². The first-order valence-corrected chi connectivity index (χ1v) is 15.9. The van der Waals surface area contributed by atoms with Crippen molar-refractivity contribution >= 4 is 82.5 Å². The predicted molar refractivity (Wildman–Crippen MR) is 196 cm³/mol. The van der Waals surface area contributed by atoms with Crippen molar-refractivity contribution in [3.63, 3.8) is 0 Å². The second-order valence-electron chi connectivity index (χ2n) is 12.1. The summed E-state index contributed by atoms with van der Waals surface area (Å²) in [6.45, 7) is 0. The maximum Gasteiger partial charge on any atom is 0.143 e. The summed E-state index contributed by atoms with van der Waals surface area (Å²) in [5, 5.41) is 9.15. The largest absolute Gasteiger partial charge is 0.456 e. The highest BCUT2D eigenvalue weighted by molar-refractivity contribution is 6.20. The second kappa shape index (κ2) is 10.1. The molecule has 0 fully saturated rings. The van der Waals surface area contributed by atoms with Gasteiger partial charge in [0, 0.05) is 32.6 Å². The number of rotatable bonds is 4. The average Bonchev–Trinajstić information content (AvgIpc) is 3.71. The van der Waals surface area contributed by atoms with E-state index in [1.807, 2.05) is 12.1 Å². The van der Waals surface area contributed by atoms with E-state index in [4.69, 9.17) is 8.83 Å². The molecule has 3 nitrogen and oxygen atoms in total. The van der Waals surface area contributed by atoms with Crippen LogP contribution in [0.3, 0.4) is 0 Å². The lowest BCUT2D eigenvalue weighted by Crippen LogP contribution is -2.10. The zero-order chi connectivity index (χ0) is 30.9. The van der Waals surface area contributed by atoms with Crippen molar-refractivity contribution in [2.75, 3.05) is 4.90 Å². The molecule has 8 aromatic carbocycles. The van der Waals surface area contributed by atoms with Crippen molar-refractivity contribution in [1.29, 1.82) is 0 Å². The molecule has 0 aliphatic rings. The van der Waals surface area contributed by atoms with Crippen molar-refractivity contribution in [3.8, 4) is 11.1 Å². The second-order valence-corrected chi connectivity index (χ2v) is 12.1. The lowest BCUT2D eigenvalue weighted by Gasteiger charge is -2.27. The highest BCUT2D eigenvalue weighted by atomic mass is 16.3. The molecule has 0 unspecified atom stereocenters. The number of furan rings is 2. The SMILES string of the molecule is c1ccc2c(N(c3ccc(-c4ccc5c(c4)oc4ccccc45)cc3)c3cccc4oc5c6ccccc6ccc5c34)cccc2c1. The fourth-order valence-corrected chi connectivity index (χ4v) is 7.24. The van der Waals surface area contributed by atoms with Crippen LogP contribution in [0.4, 0.5) is 17.1 Å². The van der Waals surface area contributed by atoms with Gasteiger partial charge in [-0.2, -0.15) is 0 Å². The van der Waals surface area contributed by atoms with Gasteiger partial charge in [0.1, 0.15) is 22.3 Å². The summed E-state index contributed by atoms with van der Waals surface area (Å²) < 4.78 is 12.8. The molecule has 220 valence electrons. The highest BCUT2D eigenvalue weighted by Crippen LogP contribution is 2.46. The van der Waals surface area contributed by atoms with Crippen LogP contribution >= 0.6 is 0 Å². The molecule has 0 amide bonds. The maximum atomic E-state index is 6.61. The molecule has 0 bridgehead atoms. The molecule has 47 heavy (non-hydrogen) atoms. The van der Waals surface area contributed by atoms with Crippen LogP contribution in [0.25, 0.3) is 76.5 Å². The van der Waals surface area contributed by atoms with Crippen molar-refractivity contribution in [1.82, 2.24) is 0 Å². The minimum atomic E-state index is 0.870. The average molecular weight is 602 g/mol. The van der Waals surface area contributed by atoms with E-state index in [0.717, 1.165) is 77.5 Å². The van der Waals surface area contributed by atoms with Gasteiger partial charge in [0.05, 0.1) is 16.8 Å². The Morgan fingerprint density at radius 3 is 1.85 bits per heavy atom. The molecule has 2 heterocycles. The first-order chi connectivity index (χ1) is 23.3. The Balaban J connectivity index is 1.18. The van der Waals surface area contributed by atoms with Gasteiger partial charge in [0.15, 0.2) is 0 Å². The monoisotopic (exact) mass is 601 g/mol. The fourth-order valence-electron chi connectivity index (χ4n) is 7.24. The van der Waals surface area contributed by atoms with Gasteiger partial charge in [-0.3, -0.25) is 0 Å². The molecule has 0 N–H and O–H groups in total. The predicted octanol–water partition coefficient (Wildman–Crippen LogP) is 12.9. The molecule has 3 heteroatoms. The Morgan fingerprint density at radius 2 is 0.979 bits per heavy atom. The normalized spacial score (nSPS) is 11.8. The molecule has 10 aromatic rings. The molecule has 2 aromatic heterocycles. The van der Waals surface area contributed by atoms with Crippen molar-refractivity contribution < 1.29 is 8.83 Å². The maximum absolute atomic E-state index is 6.61. The lowest BCUT2D eigenvalue weighted by molar-refractivity contribution is 0.669. The fraction of sp³-hybridized carbons (Fsp3) is 0. The van der Waals surface area contributed by atoms with E-state index in [2.05, 4.69) is 157 Å². The number of para-hydroxylation sites is 1. The minimum absolute atomic E-state index is 0.870. The van der Waals surface area contributed by atoms with Crippen LogP contribution < -0.4 is 4.90 Å².